The molecule has 1 heterocycles. The Kier molecular flexibility index (Phi) is 4.59. The number of ether oxygens (including phenoxy) is 1. The molecule has 0 fully saturated rings. The van der Waals surface area contributed by atoms with E-state index in [1.807, 2.05) is 25.2 Å². The van der Waals surface area contributed by atoms with Gasteiger partial charge < -0.3 is 4.74 Å². The Balaban J connectivity index is 1.82. The topological polar surface area (TPSA) is 25.4 Å². The van der Waals surface area contributed by atoms with Crippen molar-refractivity contribution < 1.29 is 9.13 Å². The summed E-state index contributed by atoms with van der Waals surface area (Å²) in [6.07, 6.45) is 0. The number of rotatable bonds is 5. The van der Waals surface area contributed by atoms with Gasteiger partial charge in [0.05, 0.1) is 23.4 Å². The van der Waals surface area contributed by atoms with E-state index in [0.717, 1.165) is 16.1 Å². The van der Waals surface area contributed by atoms with E-state index in [4.69, 9.17) is 9.72 Å². The van der Waals surface area contributed by atoms with E-state index in [1.54, 1.807) is 24.5 Å². The summed E-state index contributed by atoms with van der Waals surface area (Å²) in [6.45, 7) is 2.71. The van der Waals surface area contributed by atoms with Crippen molar-refractivity contribution in [2.75, 3.05) is 14.2 Å². The molecule has 0 unspecified atom stereocenters. The molecule has 0 bridgehead atoms. The predicted octanol–water partition coefficient (Wildman–Crippen LogP) is 4.64. The van der Waals surface area contributed by atoms with Gasteiger partial charge in [-0.25, -0.2) is 9.37 Å². The summed E-state index contributed by atoms with van der Waals surface area (Å²) in [7, 11) is 3.62. The molecule has 0 radical (unpaired) electrons. The van der Waals surface area contributed by atoms with Crippen molar-refractivity contribution in [3.8, 4) is 5.75 Å². The fourth-order valence-electron chi connectivity index (χ4n) is 2.53. The second-order valence-corrected chi connectivity index (χ2v) is 6.63. The summed E-state index contributed by atoms with van der Waals surface area (Å²) in [5.74, 6) is 0.455. The first-order valence-electron chi connectivity index (χ1n) is 7.46. The fourth-order valence-corrected chi connectivity index (χ4v) is 3.62. The summed E-state index contributed by atoms with van der Waals surface area (Å²) in [5.41, 5.74) is 1.86. The molecule has 0 aliphatic carbocycles. The van der Waals surface area contributed by atoms with Crippen LogP contribution in [0.15, 0.2) is 42.5 Å². The number of thiazole rings is 1. The Morgan fingerprint density at radius 1 is 1.26 bits per heavy atom. The van der Waals surface area contributed by atoms with Gasteiger partial charge in [-0.15, -0.1) is 11.3 Å². The van der Waals surface area contributed by atoms with Gasteiger partial charge in [0, 0.05) is 12.1 Å². The standard InChI is InChI=1S/C18H19FN2OS/c1-12(18-20-15-6-4-5-7-17(15)23-18)21(2)11-13-10-14(19)8-9-16(13)22-3/h4-10,12H,11H2,1-3H3/t12-/m0/s1. The highest BCUT2D eigenvalue weighted by Gasteiger charge is 2.18. The van der Waals surface area contributed by atoms with Gasteiger partial charge in [0.2, 0.25) is 0 Å². The molecule has 0 saturated heterocycles. The Hall–Kier alpha value is -1.98. The Bertz CT molecular complexity index is 785. The van der Waals surface area contributed by atoms with Crippen molar-refractivity contribution in [3.63, 3.8) is 0 Å². The van der Waals surface area contributed by atoms with E-state index >= 15 is 0 Å². The van der Waals surface area contributed by atoms with Gasteiger partial charge in [-0.2, -0.15) is 0 Å². The molecule has 0 N–H and O–H groups in total. The van der Waals surface area contributed by atoms with Crippen LogP contribution in [-0.4, -0.2) is 24.0 Å². The van der Waals surface area contributed by atoms with E-state index in [1.165, 1.54) is 16.8 Å². The molecule has 1 aromatic heterocycles. The second-order valence-electron chi connectivity index (χ2n) is 5.57. The fraction of sp³-hybridized carbons (Fsp3) is 0.278. The third-order valence-electron chi connectivity index (χ3n) is 3.99. The zero-order chi connectivity index (χ0) is 16.4. The Labute approximate surface area is 139 Å². The SMILES string of the molecule is COc1ccc(F)cc1CN(C)[C@@H](C)c1nc2ccccc2s1. The van der Waals surface area contributed by atoms with E-state index in [0.29, 0.717) is 12.3 Å². The Morgan fingerprint density at radius 2 is 2.04 bits per heavy atom. The maximum atomic E-state index is 13.5. The normalized spacial score (nSPS) is 12.7. The van der Waals surface area contributed by atoms with Crippen LogP contribution in [0.25, 0.3) is 10.2 Å². The minimum atomic E-state index is -0.248. The van der Waals surface area contributed by atoms with E-state index < -0.39 is 0 Å². The molecule has 5 heteroatoms. The number of para-hydroxylation sites is 1. The first-order valence-corrected chi connectivity index (χ1v) is 8.28. The molecule has 0 spiro atoms. The van der Waals surface area contributed by atoms with Crippen LogP contribution in [0.3, 0.4) is 0 Å². The van der Waals surface area contributed by atoms with Gasteiger partial charge in [-0.1, -0.05) is 12.1 Å². The minimum absolute atomic E-state index is 0.139. The molecule has 0 saturated carbocycles. The molecule has 0 aliphatic heterocycles. The number of halogens is 1. The highest BCUT2D eigenvalue weighted by atomic mass is 32.1. The molecule has 3 rings (SSSR count). The lowest BCUT2D eigenvalue weighted by molar-refractivity contribution is 0.248. The summed E-state index contributed by atoms with van der Waals surface area (Å²) in [4.78, 5) is 6.85. The Morgan fingerprint density at radius 3 is 2.78 bits per heavy atom. The van der Waals surface area contributed by atoms with Crippen molar-refractivity contribution in [1.29, 1.82) is 0 Å². The molecule has 2 aromatic carbocycles. The van der Waals surface area contributed by atoms with Gasteiger partial charge >= 0.3 is 0 Å². The summed E-state index contributed by atoms with van der Waals surface area (Å²) in [5, 5.41) is 1.06. The van der Waals surface area contributed by atoms with Crippen LogP contribution >= 0.6 is 11.3 Å². The third-order valence-corrected chi connectivity index (χ3v) is 5.20. The average molecular weight is 330 g/mol. The molecule has 1 atom stereocenters. The molecule has 3 aromatic rings. The van der Waals surface area contributed by atoms with E-state index in [-0.39, 0.29) is 11.9 Å². The highest BCUT2D eigenvalue weighted by molar-refractivity contribution is 7.18. The number of hydrogen-bond acceptors (Lipinski definition) is 4. The van der Waals surface area contributed by atoms with Gasteiger partial charge in [-0.3, -0.25) is 4.90 Å². The van der Waals surface area contributed by atoms with Crippen molar-refractivity contribution in [2.45, 2.75) is 19.5 Å². The lowest BCUT2D eigenvalue weighted by Gasteiger charge is -2.23. The van der Waals surface area contributed by atoms with Crippen molar-refractivity contribution in [3.05, 3.63) is 58.9 Å². The lowest BCUT2D eigenvalue weighted by Crippen LogP contribution is -2.22. The number of aromatic nitrogens is 1. The van der Waals surface area contributed by atoms with Gasteiger partial charge in [0.25, 0.3) is 0 Å². The lowest BCUT2D eigenvalue weighted by atomic mass is 10.1. The van der Waals surface area contributed by atoms with E-state index in [2.05, 4.69) is 17.9 Å². The number of nitrogens with zero attached hydrogens (tertiary/aromatic N) is 2. The number of fused-ring (bicyclic) bond motifs is 1. The largest absolute Gasteiger partial charge is 0.496 e. The molecule has 23 heavy (non-hydrogen) atoms. The summed E-state index contributed by atoms with van der Waals surface area (Å²) < 4.78 is 20.0. The molecular weight excluding hydrogens is 311 g/mol. The highest BCUT2D eigenvalue weighted by Crippen LogP contribution is 2.30. The number of hydrogen-bond donors (Lipinski definition) is 0. The van der Waals surface area contributed by atoms with Crippen molar-refractivity contribution >= 4 is 21.6 Å². The molecule has 0 amide bonds. The predicted molar refractivity (Wildman–Crippen MR) is 92.5 cm³/mol. The van der Waals surface area contributed by atoms with Gasteiger partial charge in [0.15, 0.2) is 0 Å². The maximum Gasteiger partial charge on any atom is 0.123 e. The van der Waals surface area contributed by atoms with Crippen LogP contribution in [0.1, 0.15) is 23.5 Å². The van der Waals surface area contributed by atoms with E-state index in [9.17, 15) is 4.39 Å². The van der Waals surface area contributed by atoms with Crippen molar-refractivity contribution in [2.24, 2.45) is 0 Å². The summed E-state index contributed by atoms with van der Waals surface area (Å²) >= 11 is 1.70. The van der Waals surface area contributed by atoms with Crippen LogP contribution < -0.4 is 4.74 Å². The van der Waals surface area contributed by atoms with Crippen LogP contribution in [0.5, 0.6) is 5.75 Å². The van der Waals surface area contributed by atoms with Gasteiger partial charge in [0.1, 0.15) is 16.6 Å². The molecule has 0 aliphatic rings. The molecular formula is C18H19FN2OS. The average Bonchev–Trinajstić information content (AvgIpc) is 2.98. The van der Waals surface area contributed by atoms with Crippen LogP contribution in [0.2, 0.25) is 0 Å². The second kappa shape index (κ2) is 6.64. The molecule has 3 nitrogen and oxygen atoms in total. The quantitative estimate of drug-likeness (QED) is 0.681. The molecule has 120 valence electrons. The van der Waals surface area contributed by atoms with Crippen LogP contribution in [0, 0.1) is 5.82 Å². The van der Waals surface area contributed by atoms with Crippen LogP contribution in [-0.2, 0) is 6.54 Å². The zero-order valence-electron chi connectivity index (χ0n) is 13.4. The first-order chi connectivity index (χ1) is 11.1. The zero-order valence-corrected chi connectivity index (χ0v) is 14.2. The maximum absolute atomic E-state index is 13.5. The van der Waals surface area contributed by atoms with Gasteiger partial charge in [-0.05, 0) is 44.3 Å². The number of methoxy groups -OCH3 is 1. The first kappa shape index (κ1) is 15.9. The van der Waals surface area contributed by atoms with Crippen LogP contribution in [0.4, 0.5) is 4.39 Å². The minimum Gasteiger partial charge on any atom is -0.496 e. The monoisotopic (exact) mass is 330 g/mol. The summed E-state index contributed by atoms with van der Waals surface area (Å²) in [6, 6.07) is 12.9. The van der Waals surface area contributed by atoms with Crippen molar-refractivity contribution in [1.82, 2.24) is 9.88 Å². The number of benzene rings is 2. The third kappa shape index (κ3) is 3.35. The smallest absolute Gasteiger partial charge is 0.123 e.